The molecular weight excluding hydrogens is 248 g/mol. The van der Waals surface area contributed by atoms with Crippen LogP contribution in [0, 0.1) is 5.92 Å². The highest BCUT2D eigenvalue weighted by Crippen LogP contribution is 2.40. The van der Waals surface area contributed by atoms with Crippen molar-refractivity contribution in [3.63, 3.8) is 0 Å². The van der Waals surface area contributed by atoms with E-state index in [1.807, 2.05) is 11.7 Å². The number of nitrogen functional groups attached to an aromatic ring is 1. The Morgan fingerprint density at radius 3 is 2.55 bits per heavy atom. The number of fused-ring (bicyclic) bond motifs is 1. The maximum absolute atomic E-state index is 6.43. The Labute approximate surface area is 122 Å². The summed E-state index contributed by atoms with van der Waals surface area (Å²) in [6.07, 6.45) is 8.20. The van der Waals surface area contributed by atoms with Gasteiger partial charge >= 0.3 is 0 Å². The first-order valence-corrected chi connectivity index (χ1v) is 8.18. The van der Waals surface area contributed by atoms with E-state index in [2.05, 4.69) is 23.8 Å². The number of aromatic nitrogens is 2. The van der Waals surface area contributed by atoms with Crippen LogP contribution in [0.1, 0.15) is 64.0 Å². The molecule has 20 heavy (non-hydrogen) atoms. The number of hydrogen-bond donors (Lipinski definition) is 1. The van der Waals surface area contributed by atoms with Crippen molar-refractivity contribution in [3.05, 3.63) is 5.69 Å². The predicted molar refractivity (Wildman–Crippen MR) is 84.0 cm³/mol. The molecule has 2 atom stereocenters. The lowest BCUT2D eigenvalue weighted by Gasteiger charge is -2.45. The molecule has 1 saturated carbocycles. The van der Waals surface area contributed by atoms with Gasteiger partial charge < -0.3 is 10.6 Å². The van der Waals surface area contributed by atoms with Crippen molar-refractivity contribution in [1.29, 1.82) is 0 Å². The number of nitrogens with two attached hydrogens (primary N) is 1. The molecule has 112 valence electrons. The van der Waals surface area contributed by atoms with E-state index in [0.29, 0.717) is 12.0 Å². The zero-order valence-corrected chi connectivity index (χ0v) is 13.1. The fraction of sp³-hybridized carbons (Fsp3) is 0.812. The van der Waals surface area contributed by atoms with E-state index >= 15 is 0 Å². The van der Waals surface area contributed by atoms with Crippen molar-refractivity contribution in [1.82, 2.24) is 9.78 Å². The molecule has 2 aliphatic rings. The molecule has 1 saturated heterocycles. The summed E-state index contributed by atoms with van der Waals surface area (Å²) in [7, 11) is 2.05. The Kier molecular flexibility index (Phi) is 3.65. The van der Waals surface area contributed by atoms with Crippen molar-refractivity contribution in [3.8, 4) is 0 Å². The Bertz CT molecular complexity index is 475. The lowest BCUT2D eigenvalue weighted by atomic mass is 9.78. The Balaban J connectivity index is 1.95. The maximum Gasteiger partial charge on any atom is 0.150 e. The third-order valence-electron chi connectivity index (χ3n) is 5.14. The third-order valence-corrected chi connectivity index (χ3v) is 5.14. The minimum atomic E-state index is 0.391. The predicted octanol–water partition coefficient (Wildman–Crippen LogP) is 3.28. The number of anilines is 2. The van der Waals surface area contributed by atoms with E-state index in [9.17, 15) is 0 Å². The zero-order chi connectivity index (χ0) is 14.3. The molecule has 0 bridgehead atoms. The number of hydrogen-bond acceptors (Lipinski definition) is 3. The van der Waals surface area contributed by atoms with Crippen LogP contribution < -0.4 is 10.6 Å². The van der Waals surface area contributed by atoms with Gasteiger partial charge in [0, 0.05) is 19.6 Å². The van der Waals surface area contributed by atoms with Crippen molar-refractivity contribution in [2.45, 2.75) is 64.3 Å². The van der Waals surface area contributed by atoms with E-state index < -0.39 is 0 Å². The van der Waals surface area contributed by atoms with E-state index in [4.69, 9.17) is 5.73 Å². The average molecular weight is 276 g/mol. The summed E-state index contributed by atoms with van der Waals surface area (Å²) in [6, 6.07) is 0.690. The van der Waals surface area contributed by atoms with Crippen molar-refractivity contribution in [2.75, 3.05) is 17.2 Å². The summed E-state index contributed by atoms with van der Waals surface area (Å²) in [5.41, 5.74) is 8.40. The first kappa shape index (κ1) is 13.8. The second kappa shape index (κ2) is 5.30. The molecule has 1 aromatic rings. The number of piperidine rings is 1. The molecule has 0 spiro atoms. The average Bonchev–Trinajstić information content (AvgIpc) is 2.74. The summed E-state index contributed by atoms with van der Waals surface area (Å²) in [5, 5.41) is 4.67. The first-order valence-electron chi connectivity index (χ1n) is 8.18. The molecule has 3 rings (SSSR count). The summed E-state index contributed by atoms with van der Waals surface area (Å²) >= 11 is 0. The molecule has 4 heteroatoms. The SMILES string of the molecule is CC(C)c1nn(C)c(N2CCC[C@H]3CCCC[C@H]32)c1N. The van der Waals surface area contributed by atoms with Gasteiger partial charge in [-0.2, -0.15) is 5.10 Å². The van der Waals surface area contributed by atoms with Gasteiger partial charge in [0.1, 0.15) is 0 Å². The van der Waals surface area contributed by atoms with Crippen molar-refractivity contribution >= 4 is 11.5 Å². The van der Waals surface area contributed by atoms with Crippen molar-refractivity contribution < 1.29 is 0 Å². The van der Waals surface area contributed by atoms with Crippen LogP contribution in [0.4, 0.5) is 11.5 Å². The molecule has 1 aliphatic carbocycles. The Hall–Kier alpha value is -1.19. The second-order valence-corrected chi connectivity index (χ2v) is 6.85. The fourth-order valence-corrected chi connectivity index (χ4v) is 4.21. The molecule has 2 N–H and O–H groups in total. The van der Waals surface area contributed by atoms with Gasteiger partial charge in [-0.1, -0.05) is 26.7 Å². The molecule has 1 aliphatic heterocycles. The fourth-order valence-electron chi connectivity index (χ4n) is 4.21. The van der Waals surface area contributed by atoms with Crippen LogP contribution in [0.3, 0.4) is 0 Å². The molecular formula is C16H28N4. The van der Waals surface area contributed by atoms with Gasteiger partial charge in [0.05, 0.1) is 11.4 Å². The molecule has 4 nitrogen and oxygen atoms in total. The molecule has 2 heterocycles. The summed E-state index contributed by atoms with van der Waals surface area (Å²) in [4.78, 5) is 2.57. The molecule has 0 unspecified atom stereocenters. The molecule has 0 aromatic carbocycles. The smallest absolute Gasteiger partial charge is 0.150 e. The standard InChI is InChI=1S/C16H28N4/c1-11(2)15-14(17)16(19(3)18-15)20-10-6-8-12-7-4-5-9-13(12)20/h11-13H,4-10,17H2,1-3H3/t12-,13-/m1/s1. The van der Waals surface area contributed by atoms with E-state index in [1.54, 1.807) is 0 Å². The van der Waals surface area contributed by atoms with Gasteiger partial charge in [0.2, 0.25) is 0 Å². The van der Waals surface area contributed by atoms with Crippen LogP contribution >= 0.6 is 0 Å². The first-order chi connectivity index (χ1) is 9.59. The third kappa shape index (κ3) is 2.19. The summed E-state index contributed by atoms with van der Waals surface area (Å²) in [6.45, 7) is 5.48. The minimum absolute atomic E-state index is 0.391. The highest BCUT2D eigenvalue weighted by Gasteiger charge is 2.36. The van der Waals surface area contributed by atoms with E-state index in [1.165, 1.54) is 44.3 Å². The Morgan fingerprint density at radius 1 is 1.15 bits per heavy atom. The molecule has 1 aromatic heterocycles. The molecule has 2 fully saturated rings. The zero-order valence-electron chi connectivity index (χ0n) is 13.1. The lowest BCUT2D eigenvalue weighted by molar-refractivity contribution is 0.241. The topological polar surface area (TPSA) is 47.1 Å². The summed E-state index contributed by atoms with van der Waals surface area (Å²) in [5.74, 6) is 2.43. The quantitative estimate of drug-likeness (QED) is 0.901. The van der Waals surface area contributed by atoms with Gasteiger partial charge in [-0.25, -0.2) is 0 Å². The van der Waals surface area contributed by atoms with Crippen LogP contribution in [0.5, 0.6) is 0 Å². The number of nitrogens with zero attached hydrogens (tertiary/aromatic N) is 3. The van der Waals surface area contributed by atoms with Crippen LogP contribution in [0.2, 0.25) is 0 Å². The van der Waals surface area contributed by atoms with E-state index in [-0.39, 0.29) is 0 Å². The summed E-state index contributed by atoms with van der Waals surface area (Å²) < 4.78 is 2.02. The van der Waals surface area contributed by atoms with Gasteiger partial charge in [-0.3, -0.25) is 4.68 Å². The normalized spacial score (nSPS) is 26.9. The minimum Gasteiger partial charge on any atom is -0.394 e. The number of aryl methyl sites for hydroxylation is 1. The van der Waals surface area contributed by atoms with Gasteiger partial charge in [0.15, 0.2) is 5.82 Å². The lowest BCUT2D eigenvalue weighted by Crippen LogP contribution is -2.47. The van der Waals surface area contributed by atoms with Crippen LogP contribution in [0.15, 0.2) is 0 Å². The highest BCUT2D eigenvalue weighted by atomic mass is 15.4. The highest BCUT2D eigenvalue weighted by molar-refractivity contribution is 5.67. The van der Waals surface area contributed by atoms with Crippen molar-refractivity contribution in [2.24, 2.45) is 13.0 Å². The monoisotopic (exact) mass is 276 g/mol. The molecule has 0 amide bonds. The van der Waals surface area contributed by atoms with Gasteiger partial charge in [0.25, 0.3) is 0 Å². The van der Waals surface area contributed by atoms with Gasteiger partial charge in [-0.05, 0) is 37.5 Å². The van der Waals surface area contributed by atoms with E-state index in [0.717, 1.165) is 23.8 Å². The maximum atomic E-state index is 6.43. The number of rotatable bonds is 2. The largest absolute Gasteiger partial charge is 0.394 e. The molecule has 0 radical (unpaired) electrons. The van der Waals surface area contributed by atoms with Gasteiger partial charge in [-0.15, -0.1) is 0 Å². The van der Waals surface area contributed by atoms with Crippen LogP contribution in [-0.4, -0.2) is 22.4 Å². The second-order valence-electron chi connectivity index (χ2n) is 6.85. The Morgan fingerprint density at radius 2 is 1.85 bits per heavy atom. The van der Waals surface area contributed by atoms with Crippen LogP contribution in [-0.2, 0) is 7.05 Å². The van der Waals surface area contributed by atoms with Crippen LogP contribution in [0.25, 0.3) is 0 Å².